The van der Waals surface area contributed by atoms with Crippen molar-refractivity contribution in [3.05, 3.63) is 0 Å². The number of Topliss-reactive ketones (excluding diaryl/α,β-unsaturated/α-hetero) is 2. The number of rotatable bonds is 9. The Hall–Kier alpha value is -0.700. The minimum atomic E-state index is 0.0904. The first-order chi connectivity index (χ1) is 6.66. The monoisotopic (exact) mass is 200 g/mol. The molecule has 3 nitrogen and oxygen atoms in total. The van der Waals surface area contributed by atoms with Gasteiger partial charge in [-0.3, -0.25) is 4.79 Å². The number of hydrogen-bond acceptors (Lipinski definition) is 3. The first-order valence-electron chi connectivity index (χ1n) is 5.25. The van der Waals surface area contributed by atoms with Gasteiger partial charge in [-0.25, -0.2) is 0 Å². The van der Waals surface area contributed by atoms with Gasteiger partial charge >= 0.3 is 0 Å². The van der Waals surface area contributed by atoms with Crippen LogP contribution in [0.25, 0.3) is 0 Å². The molecule has 0 amide bonds. The van der Waals surface area contributed by atoms with Gasteiger partial charge in [0.05, 0.1) is 0 Å². The Labute approximate surface area is 85.8 Å². The lowest BCUT2D eigenvalue weighted by Gasteiger charge is -2.00. The average molecular weight is 200 g/mol. The fourth-order valence-electron chi connectivity index (χ4n) is 1.11. The molecule has 0 aromatic carbocycles. The van der Waals surface area contributed by atoms with E-state index in [-0.39, 0.29) is 11.6 Å². The number of carbonyl (C=O) groups excluding carboxylic acids is 2. The zero-order valence-electron chi connectivity index (χ0n) is 9.17. The Morgan fingerprint density at radius 1 is 1.07 bits per heavy atom. The third-order valence-corrected chi connectivity index (χ3v) is 1.95. The molecule has 14 heavy (non-hydrogen) atoms. The van der Waals surface area contributed by atoms with Crippen LogP contribution in [0.2, 0.25) is 0 Å². The summed E-state index contributed by atoms with van der Waals surface area (Å²) in [7, 11) is 0. The third-order valence-electron chi connectivity index (χ3n) is 1.95. The van der Waals surface area contributed by atoms with Crippen LogP contribution in [-0.2, 0) is 14.3 Å². The van der Waals surface area contributed by atoms with Crippen molar-refractivity contribution in [3.63, 3.8) is 0 Å². The fourth-order valence-corrected chi connectivity index (χ4v) is 1.11. The summed E-state index contributed by atoms with van der Waals surface area (Å²) >= 11 is 0. The SMILES string of the molecule is CCOCCCCC(=O)CCC(C)=O. The Balaban J connectivity index is 3.22. The summed E-state index contributed by atoms with van der Waals surface area (Å²) in [6, 6.07) is 0. The molecule has 3 heteroatoms. The quantitative estimate of drug-likeness (QED) is 0.535. The van der Waals surface area contributed by atoms with Gasteiger partial charge in [-0.15, -0.1) is 0 Å². The highest BCUT2D eigenvalue weighted by atomic mass is 16.5. The highest BCUT2D eigenvalue weighted by Crippen LogP contribution is 2.02. The normalized spacial score (nSPS) is 10.1. The van der Waals surface area contributed by atoms with Gasteiger partial charge in [0, 0.05) is 32.5 Å². The van der Waals surface area contributed by atoms with Crippen LogP contribution in [0.3, 0.4) is 0 Å². The summed E-state index contributed by atoms with van der Waals surface area (Å²) in [6.07, 6.45) is 3.19. The van der Waals surface area contributed by atoms with E-state index in [1.54, 1.807) is 0 Å². The van der Waals surface area contributed by atoms with E-state index in [0.717, 1.165) is 26.1 Å². The molecule has 0 aromatic heterocycles. The molecule has 0 fully saturated rings. The van der Waals surface area contributed by atoms with Crippen LogP contribution in [0, 0.1) is 0 Å². The van der Waals surface area contributed by atoms with Crippen LogP contribution in [0.4, 0.5) is 0 Å². The van der Waals surface area contributed by atoms with E-state index in [9.17, 15) is 9.59 Å². The van der Waals surface area contributed by atoms with Crippen LogP contribution < -0.4 is 0 Å². The van der Waals surface area contributed by atoms with Gasteiger partial charge in [-0.1, -0.05) is 0 Å². The predicted octanol–water partition coefficient (Wildman–Crippen LogP) is 2.13. The van der Waals surface area contributed by atoms with Gasteiger partial charge in [-0.2, -0.15) is 0 Å². The largest absolute Gasteiger partial charge is 0.382 e. The van der Waals surface area contributed by atoms with E-state index >= 15 is 0 Å². The van der Waals surface area contributed by atoms with E-state index in [1.165, 1.54) is 6.92 Å². The van der Waals surface area contributed by atoms with Crippen molar-refractivity contribution in [2.45, 2.75) is 46.0 Å². The molecule has 82 valence electrons. The van der Waals surface area contributed by atoms with Gasteiger partial charge in [0.25, 0.3) is 0 Å². The molecule has 0 spiro atoms. The van der Waals surface area contributed by atoms with Crippen molar-refractivity contribution >= 4 is 11.6 Å². The van der Waals surface area contributed by atoms with Crippen molar-refractivity contribution in [1.29, 1.82) is 0 Å². The summed E-state index contributed by atoms with van der Waals surface area (Å²) in [5.74, 6) is 0.282. The first kappa shape index (κ1) is 13.3. The topological polar surface area (TPSA) is 43.4 Å². The molecule has 0 heterocycles. The predicted molar refractivity (Wildman–Crippen MR) is 55.3 cm³/mol. The maximum absolute atomic E-state index is 11.2. The van der Waals surface area contributed by atoms with Gasteiger partial charge in [0.15, 0.2) is 0 Å². The number of hydrogen-bond donors (Lipinski definition) is 0. The highest BCUT2D eigenvalue weighted by Gasteiger charge is 2.03. The average Bonchev–Trinajstić information content (AvgIpc) is 2.14. The van der Waals surface area contributed by atoms with Crippen molar-refractivity contribution in [3.8, 4) is 0 Å². The number of ether oxygens (including phenoxy) is 1. The molecule has 0 saturated heterocycles. The van der Waals surface area contributed by atoms with Crippen LogP contribution in [0.5, 0.6) is 0 Å². The van der Waals surface area contributed by atoms with E-state index in [1.807, 2.05) is 6.92 Å². The molecule has 0 aliphatic heterocycles. The van der Waals surface area contributed by atoms with Crippen molar-refractivity contribution < 1.29 is 14.3 Å². The van der Waals surface area contributed by atoms with E-state index < -0.39 is 0 Å². The second-order valence-electron chi connectivity index (χ2n) is 3.39. The molecule has 0 aliphatic rings. The molecular weight excluding hydrogens is 180 g/mol. The molecule has 0 bridgehead atoms. The molecule has 0 N–H and O–H groups in total. The zero-order valence-corrected chi connectivity index (χ0v) is 9.17. The summed E-state index contributed by atoms with van der Waals surface area (Å²) in [5.41, 5.74) is 0. The molecule has 0 aromatic rings. The maximum Gasteiger partial charge on any atom is 0.133 e. The first-order valence-corrected chi connectivity index (χ1v) is 5.25. The molecule has 0 unspecified atom stereocenters. The van der Waals surface area contributed by atoms with Gasteiger partial charge < -0.3 is 9.53 Å². The zero-order chi connectivity index (χ0) is 10.8. The van der Waals surface area contributed by atoms with Gasteiger partial charge in [-0.05, 0) is 26.7 Å². The summed E-state index contributed by atoms with van der Waals surface area (Å²) < 4.78 is 5.15. The third kappa shape index (κ3) is 9.39. The fraction of sp³-hybridized carbons (Fsp3) is 0.818. The molecule has 0 saturated carbocycles. The van der Waals surface area contributed by atoms with Crippen LogP contribution in [0.1, 0.15) is 46.0 Å². The summed E-state index contributed by atoms with van der Waals surface area (Å²) in [5, 5.41) is 0. The van der Waals surface area contributed by atoms with Gasteiger partial charge in [0.1, 0.15) is 11.6 Å². The molecule has 0 radical (unpaired) electrons. The van der Waals surface area contributed by atoms with Crippen molar-refractivity contribution in [1.82, 2.24) is 0 Å². The molecule has 0 atom stereocenters. The maximum atomic E-state index is 11.2. The number of unbranched alkanes of at least 4 members (excludes halogenated alkanes) is 1. The second-order valence-corrected chi connectivity index (χ2v) is 3.39. The molecule has 0 rings (SSSR count). The lowest BCUT2D eigenvalue weighted by atomic mass is 10.1. The van der Waals surface area contributed by atoms with Crippen molar-refractivity contribution in [2.24, 2.45) is 0 Å². The second kappa shape index (κ2) is 8.88. The minimum absolute atomic E-state index is 0.0904. The smallest absolute Gasteiger partial charge is 0.133 e. The number of ketones is 2. The Bertz CT molecular complexity index is 175. The van der Waals surface area contributed by atoms with Gasteiger partial charge in [0.2, 0.25) is 0 Å². The Morgan fingerprint density at radius 2 is 1.79 bits per heavy atom. The van der Waals surface area contributed by atoms with Crippen LogP contribution in [-0.4, -0.2) is 24.8 Å². The standard InChI is InChI=1S/C11H20O3/c1-3-14-9-5-4-6-11(13)8-7-10(2)12/h3-9H2,1-2H3. The Kier molecular flexibility index (Phi) is 8.43. The van der Waals surface area contributed by atoms with Crippen LogP contribution >= 0.6 is 0 Å². The Morgan fingerprint density at radius 3 is 2.36 bits per heavy atom. The molecule has 0 aliphatic carbocycles. The summed E-state index contributed by atoms with van der Waals surface area (Å²) in [6.45, 7) is 4.94. The number of carbonyl (C=O) groups is 2. The summed E-state index contributed by atoms with van der Waals surface area (Å²) in [4.78, 5) is 21.8. The lowest BCUT2D eigenvalue weighted by molar-refractivity contribution is -0.123. The lowest BCUT2D eigenvalue weighted by Crippen LogP contribution is -2.02. The minimum Gasteiger partial charge on any atom is -0.382 e. The molecular formula is C11H20O3. The van der Waals surface area contributed by atoms with Crippen molar-refractivity contribution in [2.75, 3.05) is 13.2 Å². The van der Waals surface area contributed by atoms with E-state index in [4.69, 9.17) is 4.74 Å². The van der Waals surface area contributed by atoms with Crippen LogP contribution in [0.15, 0.2) is 0 Å². The highest BCUT2D eigenvalue weighted by molar-refractivity contribution is 5.84. The van der Waals surface area contributed by atoms with E-state index in [2.05, 4.69) is 0 Å². The van der Waals surface area contributed by atoms with E-state index in [0.29, 0.717) is 19.3 Å².